The number of methoxy groups -OCH3 is 1. The largest absolute Gasteiger partial charge is 0.495 e. The number of hydrogen-bond acceptors (Lipinski definition) is 7. The van der Waals surface area contributed by atoms with Crippen molar-refractivity contribution in [3.63, 3.8) is 0 Å². The Morgan fingerprint density at radius 1 is 1.12 bits per heavy atom. The lowest BCUT2D eigenvalue weighted by atomic mass is 10.2. The highest BCUT2D eigenvalue weighted by molar-refractivity contribution is 6.31. The van der Waals surface area contributed by atoms with Crippen molar-refractivity contribution in [3.05, 3.63) is 46.8 Å². The topological polar surface area (TPSA) is 85.1 Å². The Bertz CT molecular complexity index is 865. The van der Waals surface area contributed by atoms with Crippen molar-refractivity contribution in [3.8, 4) is 5.75 Å². The molecule has 0 aliphatic carbocycles. The van der Waals surface area contributed by atoms with E-state index in [4.69, 9.17) is 20.9 Å². The zero-order valence-electron chi connectivity index (χ0n) is 13.4. The van der Waals surface area contributed by atoms with Crippen molar-refractivity contribution in [2.45, 2.75) is 13.8 Å². The van der Waals surface area contributed by atoms with Gasteiger partial charge in [0.15, 0.2) is 5.82 Å². The van der Waals surface area contributed by atoms with Gasteiger partial charge < -0.3 is 19.9 Å². The molecule has 0 spiro atoms. The van der Waals surface area contributed by atoms with Gasteiger partial charge in [0.05, 0.1) is 12.8 Å². The number of hydrogen-bond donors (Lipinski definition) is 2. The van der Waals surface area contributed by atoms with E-state index >= 15 is 0 Å². The van der Waals surface area contributed by atoms with Crippen molar-refractivity contribution in [2.75, 3.05) is 17.7 Å². The Hall–Kier alpha value is -2.80. The average Bonchev–Trinajstić information content (AvgIpc) is 2.96. The number of rotatable bonds is 5. The first kappa shape index (κ1) is 16.1. The Morgan fingerprint density at radius 3 is 2.67 bits per heavy atom. The predicted molar refractivity (Wildman–Crippen MR) is 92.6 cm³/mol. The lowest BCUT2D eigenvalue weighted by Gasteiger charge is -2.12. The van der Waals surface area contributed by atoms with E-state index in [1.165, 1.54) is 0 Å². The molecule has 0 atom stereocenters. The van der Waals surface area contributed by atoms with E-state index in [0.29, 0.717) is 34.1 Å². The predicted octanol–water partition coefficient (Wildman–Crippen LogP) is 4.23. The van der Waals surface area contributed by atoms with Crippen LogP contribution in [0.3, 0.4) is 0 Å². The van der Waals surface area contributed by atoms with Crippen LogP contribution in [0.1, 0.15) is 11.3 Å². The van der Waals surface area contributed by atoms with Gasteiger partial charge in [0.25, 0.3) is 0 Å². The van der Waals surface area contributed by atoms with E-state index in [2.05, 4.69) is 25.8 Å². The van der Waals surface area contributed by atoms with Crippen molar-refractivity contribution in [1.29, 1.82) is 0 Å². The van der Waals surface area contributed by atoms with Crippen LogP contribution >= 0.6 is 11.6 Å². The maximum absolute atomic E-state index is 6.12. The van der Waals surface area contributed by atoms with Crippen molar-refractivity contribution in [1.82, 2.24) is 15.1 Å². The highest BCUT2D eigenvalue weighted by Gasteiger charge is 2.09. The molecule has 24 heavy (non-hydrogen) atoms. The van der Waals surface area contributed by atoms with E-state index < -0.39 is 0 Å². The highest BCUT2D eigenvalue weighted by atomic mass is 35.5. The molecule has 7 nitrogen and oxygen atoms in total. The van der Waals surface area contributed by atoms with Crippen LogP contribution in [0.4, 0.5) is 23.3 Å². The van der Waals surface area contributed by atoms with Gasteiger partial charge in [-0.05, 0) is 31.5 Å². The summed E-state index contributed by atoms with van der Waals surface area (Å²) in [7, 11) is 1.58. The van der Waals surface area contributed by atoms with Crippen LogP contribution < -0.4 is 15.4 Å². The smallest absolute Gasteiger partial charge is 0.229 e. The van der Waals surface area contributed by atoms with E-state index in [0.717, 1.165) is 11.3 Å². The average molecular weight is 346 g/mol. The minimum absolute atomic E-state index is 0.417. The molecular formula is C16H16ClN5O2. The molecule has 0 bridgehead atoms. The monoisotopic (exact) mass is 345 g/mol. The van der Waals surface area contributed by atoms with Crippen LogP contribution in [-0.2, 0) is 0 Å². The first-order valence-corrected chi connectivity index (χ1v) is 7.57. The van der Waals surface area contributed by atoms with Crippen LogP contribution in [-0.4, -0.2) is 22.2 Å². The van der Waals surface area contributed by atoms with Crippen molar-refractivity contribution >= 4 is 34.9 Å². The minimum atomic E-state index is 0.417. The Balaban J connectivity index is 1.83. The number of nitrogens with one attached hydrogen (secondary N) is 2. The van der Waals surface area contributed by atoms with Gasteiger partial charge >= 0.3 is 0 Å². The van der Waals surface area contributed by atoms with Crippen LogP contribution in [0.5, 0.6) is 5.75 Å². The first-order chi connectivity index (χ1) is 11.5. The fraction of sp³-hybridized carbons (Fsp3) is 0.188. The molecule has 8 heteroatoms. The number of halogens is 1. The van der Waals surface area contributed by atoms with E-state index in [1.54, 1.807) is 31.5 Å². The fourth-order valence-corrected chi connectivity index (χ4v) is 2.25. The number of anilines is 4. The Labute approximate surface area is 144 Å². The maximum Gasteiger partial charge on any atom is 0.229 e. The first-order valence-electron chi connectivity index (χ1n) is 7.19. The Kier molecular flexibility index (Phi) is 4.52. The fourth-order valence-electron chi connectivity index (χ4n) is 2.10. The molecule has 2 N–H and O–H groups in total. The molecule has 0 fully saturated rings. The second-order valence-corrected chi connectivity index (χ2v) is 5.55. The van der Waals surface area contributed by atoms with Crippen LogP contribution in [0, 0.1) is 13.8 Å². The van der Waals surface area contributed by atoms with Gasteiger partial charge in [-0.25, -0.2) is 4.98 Å². The summed E-state index contributed by atoms with van der Waals surface area (Å²) in [5.74, 6) is 2.91. The Morgan fingerprint density at radius 2 is 1.96 bits per heavy atom. The summed E-state index contributed by atoms with van der Waals surface area (Å²) in [5, 5.41) is 10.7. The maximum atomic E-state index is 6.12. The minimum Gasteiger partial charge on any atom is -0.495 e. The molecule has 2 aromatic heterocycles. The molecule has 0 amide bonds. The summed E-state index contributed by atoms with van der Waals surface area (Å²) in [6, 6.07) is 7.14. The number of aryl methyl sites for hydroxylation is 2. The molecule has 2 heterocycles. The zero-order valence-corrected chi connectivity index (χ0v) is 14.2. The molecule has 0 unspecified atom stereocenters. The number of ether oxygens (including phenoxy) is 1. The SMILES string of the molecule is COc1cc(Cl)c(C)cc1Nc1nccc(Nc2cc(C)on2)n1. The second-order valence-electron chi connectivity index (χ2n) is 5.14. The highest BCUT2D eigenvalue weighted by Crippen LogP contribution is 2.32. The third-order valence-corrected chi connectivity index (χ3v) is 3.67. The third-order valence-electron chi connectivity index (χ3n) is 3.27. The van der Waals surface area contributed by atoms with Gasteiger partial charge in [-0.15, -0.1) is 0 Å². The summed E-state index contributed by atoms with van der Waals surface area (Å²) >= 11 is 6.12. The molecular weight excluding hydrogens is 330 g/mol. The molecule has 1 aromatic carbocycles. The summed E-state index contributed by atoms with van der Waals surface area (Å²) in [6.07, 6.45) is 1.64. The van der Waals surface area contributed by atoms with Crippen LogP contribution in [0.2, 0.25) is 5.02 Å². The molecule has 3 rings (SSSR count). The van der Waals surface area contributed by atoms with Gasteiger partial charge in [0.1, 0.15) is 17.3 Å². The standard InChI is InChI=1S/C16H16ClN5O2/c1-9-6-12(13(23-3)8-11(9)17)19-16-18-5-4-14(21-16)20-15-7-10(2)24-22-15/h4-8H,1-3H3,(H2,18,19,20,21,22). The lowest BCUT2D eigenvalue weighted by molar-refractivity contribution is 0.400. The summed E-state index contributed by atoms with van der Waals surface area (Å²) in [5.41, 5.74) is 1.65. The van der Waals surface area contributed by atoms with Crippen LogP contribution in [0.25, 0.3) is 0 Å². The third kappa shape index (κ3) is 3.57. The lowest BCUT2D eigenvalue weighted by Crippen LogP contribution is -2.02. The molecule has 0 saturated heterocycles. The van der Waals surface area contributed by atoms with E-state index in [9.17, 15) is 0 Å². The summed E-state index contributed by atoms with van der Waals surface area (Å²) in [6.45, 7) is 3.74. The van der Waals surface area contributed by atoms with Crippen LogP contribution in [0.15, 0.2) is 35.0 Å². The quantitative estimate of drug-likeness (QED) is 0.715. The number of benzene rings is 1. The number of aromatic nitrogens is 3. The molecule has 0 radical (unpaired) electrons. The van der Waals surface area contributed by atoms with Crippen molar-refractivity contribution in [2.24, 2.45) is 0 Å². The number of nitrogens with zero attached hydrogens (tertiary/aromatic N) is 3. The summed E-state index contributed by atoms with van der Waals surface area (Å²) < 4.78 is 10.4. The van der Waals surface area contributed by atoms with Gasteiger partial charge in [0, 0.05) is 23.4 Å². The normalized spacial score (nSPS) is 10.5. The zero-order chi connectivity index (χ0) is 17.1. The van der Waals surface area contributed by atoms with Crippen molar-refractivity contribution < 1.29 is 9.26 Å². The summed E-state index contributed by atoms with van der Waals surface area (Å²) in [4.78, 5) is 8.61. The van der Waals surface area contributed by atoms with Gasteiger partial charge in [-0.3, -0.25) is 0 Å². The van der Waals surface area contributed by atoms with E-state index in [1.807, 2.05) is 19.9 Å². The van der Waals surface area contributed by atoms with Gasteiger partial charge in [-0.1, -0.05) is 16.8 Å². The second kappa shape index (κ2) is 6.76. The molecule has 0 saturated carbocycles. The molecule has 0 aliphatic heterocycles. The van der Waals surface area contributed by atoms with E-state index in [-0.39, 0.29) is 0 Å². The van der Waals surface area contributed by atoms with Gasteiger partial charge in [-0.2, -0.15) is 4.98 Å². The van der Waals surface area contributed by atoms with Gasteiger partial charge in [0.2, 0.25) is 5.95 Å². The molecule has 0 aliphatic rings. The molecule has 124 valence electrons. The molecule has 3 aromatic rings.